The average Bonchev–Trinajstić information content (AvgIpc) is 2.53. The van der Waals surface area contributed by atoms with E-state index in [4.69, 9.17) is 9.26 Å². The van der Waals surface area contributed by atoms with Crippen molar-refractivity contribution in [3.05, 3.63) is 34.9 Å². The van der Waals surface area contributed by atoms with Crippen LogP contribution in [-0.2, 0) is 15.7 Å². The zero-order valence-electron chi connectivity index (χ0n) is 17.1. The number of nitrogens with zero attached hydrogens (tertiary/aromatic N) is 1. The summed E-state index contributed by atoms with van der Waals surface area (Å²) in [6.45, 7) is 15.9. The Hall–Kier alpha value is -1.27. The predicted molar refractivity (Wildman–Crippen MR) is 106 cm³/mol. The molecule has 1 aromatic rings. The van der Waals surface area contributed by atoms with Gasteiger partial charge in [-0.1, -0.05) is 46.7 Å². The first kappa shape index (κ1) is 22.8. The zero-order chi connectivity index (χ0) is 19.9. The summed E-state index contributed by atoms with van der Waals surface area (Å²) in [6, 6.07) is 2.70. The lowest BCUT2D eigenvalue weighted by atomic mass is 10.1. The van der Waals surface area contributed by atoms with Crippen LogP contribution in [0.5, 0.6) is 0 Å². The van der Waals surface area contributed by atoms with Gasteiger partial charge < -0.3 is 9.26 Å². The molecule has 3 nitrogen and oxygen atoms in total. The molecule has 0 fully saturated rings. The van der Waals surface area contributed by atoms with E-state index in [1.807, 2.05) is 0 Å². The first-order valence-electron chi connectivity index (χ1n) is 9.43. The molecule has 26 heavy (non-hydrogen) atoms. The maximum atomic E-state index is 14.2. The summed E-state index contributed by atoms with van der Waals surface area (Å²) in [5.74, 6) is -1.27. The van der Waals surface area contributed by atoms with Crippen LogP contribution in [-0.4, -0.2) is 27.7 Å². The van der Waals surface area contributed by atoms with E-state index in [9.17, 15) is 8.78 Å². The number of hydrogen-bond donors (Lipinski definition) is 0. The Morgan fingerprint density at radius 1 is 1.00 bits per heavy atom. The van der Waals surface area contributed by atoms with Crippen LogP contribution in [0.1, 0.15) is 59.6 Å². The molecule has 0 saturated heterocycles. The summed E-state index contributed by atoms with van der Waals surface area (Å²) < 4.78 is 34.8. The van der Waals surface area contributed by atoms with Crippen molar-refractivity contribution in [2.45, 2.75) is 71.5 Å². The van der Waals surface area contributed by atoms with Crippen LogP contribution < -0.4 is 0 Å². The fraction of sp³-hybridized carbons (Fsp3) is 0.650. The molecular weight excluding hydrogens is 352 g/mol. The normalized spacial score (nSPS) is 12.8. The molecule has 0 unspecified atom stereocenters. The predicted octanol–water partition coefficient (Wildman–Crippen LogP) is 6.07. The van der Waals surface area contributed by atoms with E-state index in [1.54, 1.807) is 6.92 Å². The van der Waals surface area contributed by atoms with E-state index < -0.39 is 20.0 Å². The van der Waals surface area contributed by atoms with Crippen LogP contribution in [0, 0.1) is 11.6 Å². The van der Waals surface area contributed by atoms with Crippen molar-refractivity contribution in [2.24, 2.45) is 5.16 Å². The van der Waals surface area contributed by atoms with Crippen molar-refractivity contribution in [3.63, 3.8) is 0 Å². The molecule has 0 aliphatic heterocycles. The van der Waals surface area contributed by atoms with Gasteiger partial charge in [-0.15, -0.1) is 0 Å². The smallest absolute Gasteiger partial charge is 0.200 e. The van der Waals surface area contributed by atoms with Crippen LogP contribution in [0.25, 0.3) is 0 Å². The molecular formula is C20H33F2NO2Si. The minimum atomic E-state index is -1.97. The lowest BCUT2D eigenvalue weighted by molar-refractivity contribution is 0.160. The maximum absolute atomic E-state index is 14.2. The third kappa shape index (κ3) is 5.36. The number of hydrogen-bond acceptors (Lipinski definition) is 3. The third-order valence-corrected chi connectivity index (χ3v) is 11.1. The van der Waals surface area contributed by atoms with Crippen molar-refractivity contribution >= 4 is 14.5 Å². The molecule has 0 aliphatic carbocycles. The summed E-state index contributed by atoms with van der Waals surface area (Å²) in [6.07, 6.45) is 1.56. The van der Waals surface area contributed by atoms with Gasteiger partial charge in [-0.3, -0.25) is 0 Å². The van der Waals surface area contributed by atoms with Crippen molar-refractivity contribution < 1.29 is 18.0 Å². The Labute approximate surface area is 157 Å². The highest BCUT2D eigenvalue weighted by molar-refractivity contribution is 6.77. The van der Waals surface area contributed by atoms with Crippen LogP contribution in [0.4, 0.5) is 8.78 Å². The second-order valence-electron chi connectivity index (χ2n) is 7.54. The molecule has 0 aromatic heterocycles. The van der Waals surface area contributed by atoms with Crippen LogP contribution in [0.15, 0.2) is 17.3 Å². The lowest BCUT2D eigenvalue weighted by Crippen LogP contribution is -2.48. The van der Waals surface area contributed by atoms with E-state index in [2.05, 4.69) is 46.7 Å². The van der Waals surface area contributed by atoms with Gasteiger partial charge in [0.15, 0.2) is 8.32 Å². The highest BCUT2D eigenvalue weighted by atomic mass is 28.4. The van der Waals surface area contributed by atoms with Gasteiger partial charge in [0.25, 0.3) is 0 Å². The molecule has 1 aromatic carbocycles. The molecule has 148 valence electrons. The van der Waals surface area contributed by atoms with Crippen LogP contribution >= 0.6 is 0 Å². The third-order valence-electron chi connectivity index (χ3n) is 4.97. The maximum Gasteiger partial charge on any atom is 0.200 e. The fourth-order valence-corrected chi connectivity index (χ4v) is 9.37. The summed E-state index contributed by atoms with van der Waals surface area (Å²) in [7, 11) is -1.97. The monoisotopic (exact) mass is 385 g/mol. The van der Waals surface area contributed by atoms with Crippen LogP contribution in [0.3, 0.4) is 0 Å². The molecule has 0 amide bonds. The van der Waals surface area contributed by atoms with Gasteiger partial charge in [0.05, 0.1) is 11.8 Å². The molecule has 0 bridgehead atoms. The molecule has 0 aliphatic rings. The zero-order valence-corrected chi connectivity index (χ0v) is 18.1. The Balaban J connectivity index is 2.87. The molecule has 0 saturated carbocycles. The minimum absolute atomic E-state index is 0.182. The first-order valence-corrected chi connectivity index (χ1v) is 11.6. The summed E-state index contributed by atoms with van der Waals surface area (Å²) in [4.78, 5) is 4.77. The molecule has 0 atom stereocenters. The average molecular weight is 386 g/mol. The quantitative estimate of drug-likeness (QED) is 0.278. The molecule has 0 spiro atoms. The Morgan fingerprint density at radius 3 is 1.92 bits per heavy atom. The summed E-state index contributed by atoms with van der Waals surface area (Å²) in [5, 5.41) is 3.54. The lowest BCUT2D eigenvalue weighted by Gasteiger charge is -2.42. The number of halogens is 2. The molecule has 0 N–H and O–H groups in total. The Morgan fingerprint density at radius 2 is 1.50 bits per heavy atom. The number of benzene rings is 1. The van der Waals surface area contributed by atoms with Crippen molar-refractivity contribution in [1.82, 2.24) is 0 Å². The molecule has 0 radical (unpaired) electrons. The second kappa shape index (κ2) is 10.2. The summed E-state index contributed by atoms with van der Waals surface area (Å²) >= 11 is 0. The standard InChI is InChI=1S/C20H33F2NO2Si/c1-8-24-23-13-18-19(21)11-17(12-20(18)22)9-10-25-26(14(2)3,15(4)5)16(6)7/h11-16H,8-10H2,1-7H3. The number of rotatable bonds is 10. The van der Waals surface area contributed by atoms with Gasteiger partial charge in [0.1, 0.15) is 18.2 Å². The molecule has 1 rings (SSSR count). The second-order valence-corrected chi connectivity index (χ2v) is 13.0. The Kier molecular flexibility index (Phi) is 8.90. The van der Waals surface area contributed by atoms with Gasteiger partial charge in [-0.05, 0) is 47.7 Å². The van der Waals surface area contributed by atoms with Crippen molar-refractivity contribution in [3.8, 4) is 0 Å². The van der Waals surface area contributed by atoms with Gasteiger partial charge in [-0.2, -0.15) is 0 Å². The number of oxime groups is 1. The van der Waals surface area contributed by atoms with Gasteiger partial charge >= 0.3 is 0 Å². The molecule has 0 heterocycles. The fourth-order valence-electron chi connectivity index (χ4n) is 3.91. The first-order chi connectivity index (χ1) is 12.2. The summed E-state index contributed by atoms with van der Waals surface area (Å²) in [5.41, 5.74) is 1.85. The van der Waals surface area contributed by atoms with E-state index in [1.165, 1.54) is 12.1 Å². The van der Waals surface area contributed by atoms with E-state index >= 15 is 0 Å². The van der Waals surface area contributed by atoms with E-state index in [0.717, 1.165) is 6.21 Å². The van der Waals surface area contributed by atoms with Gasteiger partial charge in [-0.25, -0.2) is 8.78 Å². The van der Waals surface area contributed by atoms with E-state index in [-0.39, 0.29) is 5.56 Å². The minimum Gasteiger partial charge on any atom is -0.416 e. The Bertz CT molecular complexity index is 559. The largest absolute Gasteiger partial charge is 0.416 e. The topological polar surface area (TPSA) is 30.8 Å². The van der Waals surface area contributed by atoms with Crippen molar-refractivity contribution in [1.29, 1.82) is 0 Å². The highest BCUT2D eigenvalue weighted by Gasteiger charge is 2.44. The van der Waals surface area contributed by atoms with Crippen molar-refractivity contribution in [2.75, 3.05) is 13.2 Å². The van der Waals surface area contributed by atoms with Gasteiger partial charge in [0.2, 0.25) is 0 Å². The van der Waals surface area contributed by atoms with Gasteiger partial charge in [0, 0.05) is 6.61 Å². The highest BCUT2D eigenvalue weighted by Crippen LogP contribution is 2.42. The van der Waals surface area contributed by atoms with Crippen LogP contribution in [0.2, 0.25) is 16.6 Å². The SMILES string of the molecule is CCON=Cc1c(F)cc(CCO[Si](C(C)C)(C(C)C)C(C)C)cc1F. The molecule has 6 heteroatoms. The van der Waals surface area contributed by atoms with E-state index in [0.29, 0.717) is 41.8 Å².